The Morgan fingerprint density at radius 2 is 1.96 bits per heavy atom. The average Bonchev–Trinajstić information content (AvgIpc) is 3.40. The van der Waals surface area contributed by atoms with Gasteiger partial charge in [-0.3, -0.25) is 19.2 Å². The molecule has 4 aliphatic rings. The van der Waals surface area contributed by atoms with Crippen molar-refractivity contribution in [1.29, 1.82) is 0 Å². The molecule has 0 radical (unpaired) electrons. The number of esters is 1. The van der Waals surface area contributed by atoms with E-state index in [1.54, 1.807) is 31.2 Å². The van der Waals surface area contributed by atoms with E-state index in [1.807, 2.05) is 12.1 Å². The molecule has 2 heterocycles. The van der Waals surface area contributed by atoms with E-state index < -0.39 is 29.4 Å². The van der Waals surface area contributed by atoms with Crippen molar-refractivity contribution >= 4 is 40.3 Å². The molecule has 3 aromatic rings. The molecule has 0 aliphatic heterocycles. The molecule has 4 fully saturated rings. The van der Waals surface area contributed by atoms with Crippen molar-refractivity contribution in [2.24, 2.45) is 17.8 Å². The summed E-state index contributed by atoms with van der Waals surface area (Å²) in [6.45, 7) is 1.61. The Bertz CT molecular complexity index is 1770. The SMILES string of the molecule is COC(=O)/C=C/CC[C@H](NC(=O)c1oc2ccccc2c1C)C(=O)Nc1cccn(CC(=O)NC23CCCC4CC(CCC42)C3)c1=O. The number of nitrogens with zero attached hydrogens (tertiary/aromatic N) is 1. The minimum absolute atomic E-state index is 0.0119. The third kappa shape index (κ3) is 6.75. The molecule has 7 rings (SSSR count). The fraction of sp³-hybridized carbons (Fsp3) is 0.472. The molecule has 0 saturated heterocycles. The van der Waals surface area contributed by atoms with E-state index in [0.29, 0.717) is 28.9 Å². The van der Waals surface area contributed by atoms with Crippen molar-refractivity contribution in [3.05, 3.63) is 76.4 Å². The maximum absolute atomic E-state index is 13.6. The number of nitrogens with one attached hydrogen (secondary N) is 3. The van der Waals surface area contributed by atoms with Gasteiger partial charge < -0.3 is 29.7 Å². The molecule has 3 amide bonds. The third-order valence-corrected chi connectivity index (χ3v) is 10.4. The summed E-state index contributed by atoms with van der Waals surface area (Å²) in [6, 6.07) is 9.25. The van der Waals surface area contributed by atoms with Crippen LogP contribution < -0.4 is 21.5 Å². The van der Waals surface area contributed by atoms with E-state index in [2.05, 4.69) is 20.7 Å². The molecule has 11 heteroatoms. The first-order valence-electron chi connectivity index (χ1n) is 16.5. The predicted molar refractivity (Wildman–Crippen MR) is 176 cm³/mol. The van der Waals surface area contributed by atoms with Gasteiger partial charge in [0.25, 0.3) is 11.5 Å². The summed E-state index contributed by atoms with van der Waals surface area (Å²) in [5.41, 5.74) is 0.468. The Balaban J connectivity index is 1.15. The van der Waals surface area contributed by atoms with Crippen LogP contribution in [0.4, 0.5) is 5.69 Å². The van der Waals surface area contributed by atoms with Crippen LogP contribution in [0.25, 0.3) is 11.0 Å². The van der Waals surface area contributed by atoms with E-state index in [9.17, 15) is 24.0 Å². The number of hydrogen-bond acceptors (Lipinski definition) is 7. The highest BCUT2D eigenvalue weighted by Gasteiger charge is 2.54. The smallest absolute Gasteiger partial charge is 0.330 e. The molecule has 47 heavy (non-hydrogen) atoms. The van der Waals surface area contributed by atoms with Crippen LogP contribution in [-0.4, -0.2) is 46.9 Å². The number of carbonyl (C=O) groups is 4. The Kier molecular flexibility index (Phi) is 9.33. The number of anilines is 1. The first-order valence-corrected chi connectivity index (χ1v) is 16.5. The number of benzene rings is 1. The first-order chi connectivity index (χ1) is 22.7. The zero-order chi connectivity index (χ0) is 33.1. The van der Waals surface area contributed by atoms with Crippen molar-refractivity contribution < 1.29 is 28.3 Å². The highest BCUT2D eigenvalue weighted by atomic mass is 16.5. The van der Waals surface area contributed by atoms with Gasteiger partial charge >= 0.3 is 5.97 Å². The van der Waals surface area contributed by atoms with Crippen molar-refractivity contribution in [2.45, 2.75) is 82.8 Å². The van der Waals surface area contributed by atoms with Crippen LogP contribution in [0.3, 0.4) is 0 Å². The fourth-order valence-corrected chi connectivity index (χ4v) is 8.28. The van der Waals surface area contributed by atoms with E-state index in [-0.39, 0.29) is 42.3 Å². The Labute approximate surface area is 273 Å². The highest BCUT2D eigenvalue weighted by Crippen LogP contribution is 2.56. The van der Waals surface area contributed by atoms with E-state index >= 15 is 0 Å². The number of carbonyl (C=O) groups excluding carboxylic acids is 4. The van der Waals surface area contributed by atoms with Gasteiger partial charge in [-0.25, -0.2) is 4.79 Å². The Morgan fingerprint density at radius 3 is 2.74 bits per heavy atom. The number of furan rings is 1. The number of hydrogen-bond donors (Lipinski definition) is 3. The van der Waals surface area contributed by atoms with Gasteiger partial charge in [0.1, 0.15) is 23.9 Å². The lowest BCUT2D eigenvalue weighted by molar-refractivity contribution is -0.135. The molecular formula is C36H42N4O7. The predicted octanol–water partition coefficient (Wildman–Crippen LogP) is 4.62. The minimum Gasteiger partial charge on any atom is -0.466 e. The topological polar surface area (TPSA) is 149 Å². The second-order valence-corrected chi connectivity index (χ2v) is 13.3. The number of ether oxygens (including phenoxy) is 1. The summed E-state index contributed by atoms with van der Waals surface area (Å²) in [5, 5.41) is 9.53. The van der Waals surface area contributed by atoms with E-state index in [0.717, 1.165) is 31.1 Å². The lowest BCUT2D eigenvalue weighted by Gasteiger charge is -2.58. The molecule has 3 N–H and O–H groups in total. The summed E-state index contributed by atoms with van der Waals surface area (Å²) in [4.78, 5) is 65.2. The van der Waals surface area contributed by atoms with E-state index in [1.165, 1.54) is 49.3 Å². The zero-order valence-electron chi connectivity index (χ0n) is 26.9. The van der Waals surface area contributed by atoms with Crippen LogP contribution in [-0.2, 0) is 25.7 Å². The van der Waals surface area contributed by atoms with Gasteiger partial charge in [0.05, 0.1) is 7.11 Å². The van der Waals surface area contributed by atoms with Gasteiger partial charge in [-0.1, -0.05) is 30.7 Å². The van der Waals surface area contributed by atoms with Crippen LogP contribution in [0.2, 0.25) is 0 Å². The van der Waals surface area contributed by atoms with Gasteiger partial charge in [0.15, 0.2) is 5.76 Å². The highest BCUT2D eigenvalue weighted by molar-refractivity contribution is 6.03. The molecule has 4 unspecified atom stereocenters. The van der Waals surface area contributed by atoms with Crippen LogP contribution in [0, 0.1) is 24.7 Å². The Hall–Kier alpha value is -4.67. The van der Waals surface area contributed by atoms with E-state index in [4.69, 9.17) is 4.42 Å². The first kappa shape index (κ1) is 32.3. The van der Waals surface area contributed by atoms with Gasteiger partial charge in [0, 0.05) is 28.8 Å². The van der Waals surface area contributed by atoms with Crippen molar-refractivity contribution in [2.75, 3.05) is 12.4 Å². The number of methoxy groups -OCH3 is 1. The number of allylic oxidation sites excluding steroid dienone is 1. The summed E-state index contributed by atoms with van der Waals surface area (Å²) in [5.74, 6) is -0.0252. The van der Waals surface area contributed by atoms with Gasteiger partial charge in [-0.15, -0.1) is 0 Å². The molecule has 4 aliphatic carbocycles. The van der Waals surface area contributed by atoms with Gasteiger partial charge in [0.2, 0.25) is 11.8 Å². The largest absolute Gasteiger partial charge is 0.466 e. The zero-order valence-corrected chi connectivity index (χ0v) is 26.9. The number of pyridine rings is 1. The molecule has 1 aromatic carbocycles. The normalized spacial score (nSPS) is 23.7. The summed E-state index contributed by atoms with van der Waals surface area (Å²) in [7, 11) is 1.26. The molecule has 2 aromatic heterocycles. The van der Waals surface area contributed by atoms with Crippen molar-refractivity contribution in [3.8, 4) is 0 Å². The Morgan fingerprint density at radius 1 is 1.13 bits per heavy atom. The third-order valence-electron chi connectivity index (χ3n) is 10.4. The lowest BCUT2D eigenvalue weighted by Crippen LogP contribution is -2.63. The molecule has 248 valence electrons. The van der Waals surface area contributed by atoms with Crippen LogP contribution >= 0.6 is 0 Å². The summed E-state index contributed by atoms with van der Waals surface area (Å²) in [6.07, 6.45) is 12.7. The number of aromatic nitrogens is 1. The fourth-order valence-electron chi connectivity index (χ4n) is 8.28. The molecular weight excluding hydrogens is 600 g/mol. The number of para-hydroxylation sites is 1. The monoisotopic (exact) mass is 642 g/mol. The molecule has 11 nitrogen and oxygen atoms in total. The van der Waals surface area contributed by atoms with Gasteiger partial charge in [-0.05, 0) is 94.2 Å². The lowest BCUT2D eigenvalue weighted by atomic mass is 9.51. The standard InChI is InChI=1S/C36H42N4O7/c1-22-25-10-3-5-13-29(25)47-32(22)34(44)37-27(11-4-6-14-31(42)46-2)33(43)38-28-12-8-18-40(35(28)45)21-30(41)39-36-17-7-9-24-19-23(20-36)15-16-26(24)36/h3,5-6,8,10,12-14,18,23-24,26-27H,4,7,9,11,15-17,19-21H2,1-2H3,(H,37,44)(H,38,43)(H,39,41)/b14-6+/t23?,24?,26?,27-,36?/m0/s1. The second-order valence-electron chi connectivity index (χ2n) is 13.3. The van der Waals surface area contributed by atoms with Crippen molar-refractivity contribution in [3.63, 3.8) is 0 Å². The number of amides is 3. The summed E-state index contributed by atoms with van der Waals surface area (Å²) >= 11 is 0. The maximum atomic E-state index is 13.6. The molecule has 4 bridgehead atoms. The van der Waals surface area contributed by atoms with Crippen LogP contribution in [0.15, 0.2) is 64.0 Å². The number of aryl methyl sites for hydroxylation is 1. The second kappa shape index (κ2) is 13.6. The average molecular weight is 643 g/mol. The molecule has 0 spiro atoms. The minimum atomic E-state index is -1.08. The summed E-state index contributed by atoms with van der Waals surface area (Å²) < 4.78 is 11.7. The maximum Gasteiger partial charge on any atom is 0.330 e. The van der Waals surface area contributed by atoms with Crippen LogP contribution in [0.1, 0.15) is 73.9 Å². The van der Waals surface area contributed by atoms with Gasteiger partial charge in [-0.2, -0.15) is 0 Å². The molecule has 4 saturated carbocycles. The number of rotatable bonds is 11. The van der Waals surface area contributed by atoms with Crippen molar-refractivity contribution in [1.82, 2.24) is 15.2 Å². The van der Waals surface area contributed by atoms with Crippen LogP contribution in [0.5, 0.6) is 0 Å². The molecule has 5 atom stereocenters. The number of fused-ring (bicyclic) bond motifs is 2. The quantitative estimate of drug-likeness (QED) is 0.204.